The summed E-state index contributed by atoms with van der Waals surface area (Å²) in [7, 11) is 0. The van der Waals surface area contributed by atoms with E-state index in [1.165, 1.54) is 62.7 Å². The van der Waals surface area contributed by atoms with Gasteiger partial charge in [0.15, 0.2) is 5.78 Å². The molecule has 0 spiro atoms. The molecular weight excluding hydrogens is 703 g/mol. The molecule has 0 atom stereocenters. The molecule has 1 radical (unpaired) electrons. The molecule has 2 heterocycles. The van der Waals surface area contributed by atoms with E-state index in [0.717, 1.165) is 11.3 Å². The predicted octanol–water partition coefficient (Wildman–Crippen LogP) is 10.4. The molecule has 0 bridgehead atoms. The van der Waals surface area contributed by atoms with Gasteiger partial charge in [-0.25, -0.2) is 0 Å². The van der Waals surface area contributed by atoms with Gasteiger partial charge < -0.3 is 10.1 Å². The van der Waals surface area contributed by atoms with Gasteiger partial charge in [0, 0.05) is 37.3 Å². The first kappa shape index (κ1) is 32.1. The van der Waals surface area contributed by atoms with Crippen LogP contribution in [0.15, 0.2) is 96.9 Å². The third kappa shape index (κ3) is 8.56. The molecule has 0 amide bonds. The van der Waals surface area contributed by atoms with E-state index in [1.807, 2.05) is 29.7 Å². The summed E-state index contributed by atoms with van der Waals surface area (Å²) in [5, 5.41) is 9.60. The van der Waals surface area contributed by atoms with Crippen LogP contribution >= 0.6 is 11.3 Å². The van der Waals surface area contributed by atoms with Crippen molar-refractivity contribution in [3.63, 3.8) is 0 Å². The number of fused-ring (bicyclic) bond motifs is 1. The van der Waals surface area contributed by atoms with Gasteiger partial charge in [0.05, 0.1) is 10.5 Å². The molecular formula is C36H36IrNO2S-. The molecule has 1 N–H and O–H groups in total. The van der Waals surface area contributed by atoms with Crippen LogP contribution in [0.1, 0.15) is 64.5 Å². The monoisotopic (exact) mass is 739 g/mol. The fraction of sp³-hybridized carbons (Fsp3) is 0.222. The second-order valence-corrected chi connectivity index (χ2v) is 11.8. The standard InChI is InChI=1S/C31H28NS.C5H8O2.Ir/c1-20(2)25-14-26(21(3)4)16-27(15-25)30-18-28-17-29(32-19-31(28)33-30)24-12-8-11-23(13-24)22-9-6-5-7-10-22;1-4(6)3-5(2)7;/h5-11,13-21H,1-4H3;3,6H,1-2H3;/q-1;;/b;4-3-;. The van der Waals surface area contributed by atoms with Crippen molar-refractivity contribution in [1.29, 1.82) is 0 Å². The van der Waals surface area contributed by atoms with Gasteiger partial charge in [-0.15, -0.1) is 46.7 Å². The fourth-order valence-corrected chi connectivity index (χ4v) is 5.44. The van der Waals surface area contributed by atoms with E-state index in [-0.39, 0.29) is 31.6 Å². The summed E-state index contributed by atoms with van der Waals surface area (Å²) in [6.07, 6.45) is 3.18. The second kappa shape index (κ2) is 14.5. The topological polar surface area (TPSA) is 50.2 Å². The molecule has 0 unspecified atom stereocenters. The number of aliphatic hydroxyl groups is 1. The number of ketones is 1. The number of hydrogen-bond donors (Lipinski definition) is 1. The number of aromatic nitrogens is 1. The summed E-state index contributed by atoms with van der Waals surface area (Å²) >= 11 is 1.82. The number of thiophene rings is 1. The average molecular weight is 739 g/mol. The predicted molar refractivity (Wildman–Crippen MR) is 170 cm³/mol. The Morgan fingerprint density at radius 1 is 0.854 bits per heavy atom. The maximum Gasteiger partial charge on any atom is 0.155 e. The van der Waals surface area contributed by atoms with Crippen molar-refractivity contribution in [2.24, 2.45) is 0 Å². The third-order valence-corrected chi connectivity index (χ3v) is 7.73. The van der Waals surface area contributed by atoms with Crippen molar-refractivity contribution >= 4 is 27.2 Å². The van der Waals surface area contributed by atoms with Crippen molar-refractivity contribution in [3.05, 3.63) is 114 Å². The molecule has 5 aromatic rings. The largest absolute Gasteiger partial charge is 0.512 e. The van der Waals surface area contributed by atoms with Gasteiger partial charge in [-0.05, 0) is 65.1 Å². The van der Waals surface area contributed by atoms with Gasteiger partial charge in [0.25, 0.3) is 0 Å². The molecule has 5 heteroatoms. The minimum atomic E-state index is -0.125. The van der Waals surface area contributed by atoms with Gasteiger partial charge >= 0.3 is 0 Å². The maximum absolute atomic E-state index is 10.0. The van der Waals surface area contributed by atoms with Crippen LogP contribution in [0, 0.1) is 6.07 Å². The van der Waals surface area contributed by atoms with Crippen LogP contribution in [0.4, 0.5) is 0 Å². The number of rotatable bonds is 6. The Morgan fingerprint density at radius 2 is 1.51 bits per heavy atom. The van der Waals surface area contributed by atoms with Gasteiger partial charge in [-0.3, -0.25) is 4.79 Å². The molecule has 213 valence electrons. The molecule has 3 aromatic carbocycles. The van der Waals surface area contributed by atoms with E-state index >= 15 is 0 Å². The summed E-state index contributed by atoms with van der Waals surface area (Å²) in [5.41, 5.74) is 8.49. The molecule has 3 nitrogen and oxygen atoms in total. The van der Waals surface area contributed by atoms with Gasteiger partial charge in [0.1, 0.15) is 0 Å². The first-order chi connectivity index (χ1) is 19.1. The molecule has 0 fully saturated rings. The van der Waals surface area contributed by atoms with E-state index in [9.17, 15) is 4.79 Å². The van der Waals surface area contributed by atoms with E-state index in [1.54, 1.807) is 0 Å². The van der Waals surface area contributed by atoms with Crippen LogP contribution in [-0.2, 0) is 24.9 Å². The quantitative estimate of drug-likeness (QED) is 0.107. The molecule has 0 aliphatic heterocycles. The number of allylic oxidation sites excluding steroid dienone is 2. The zero-order valence-electron chi connectivity index (χ0n) is 24.4. The van der Waals surface area contributed by atoms with E-state index in [0.29, 0.717) is 11.8 Å². The Kier molecular flexibility index (Phi) is 11.4. The summed E-state index contributed by atoms with van der Waals surface area (Å²) in [4.78, 5) is 16.1. The molecule has 2 aromatic heterocycles. The SMILES string of the molecule is CC(=O)/C=C(/C)O.CC(C)c1cc(-c2cc3cc(-c4[c-]ccc(-c5ccccc5)c4)ncc3s2)cc(C(C)C)c1.[Ir]. The zero-order valence-corrected chi connectivity index (χ0v) is 27.6. The summed E-state index contributed by atoms with van der Waals surface area (Å²) in [6, 6.07) is 31.7. The van der Waals surface area contributed by atoms with Crippen molar-refractivity contribution in [2.75, 3.05) is 0 Å². The first-order valence-electron chi connectivity index (χ1n) is 13.6. The van der Waals surface area contributed by atoms with Crippen LogP contribution in [0.3, 0.4) is 0 Å². The molecule has 0 saturated carbocycles. The van der Waals surface area contributed by atoms with Crippen molar-refractivity contribution < 1.29 is 30.0 Å². The van der Waals surface area contributed by atoms with Gasteiger partial charge in [-0.2, -0.15) is 0 Å². The third-order valence-electron chi connectivity index (χ3n) is 6.60. The number of benzene rings is 3. The van der Waals surface area contributed by atoms with E-state index in [2.05, 4.69) is 100 Å². The number of carbonyl (C=O) groups is 1. The Morgan fingerprint density at radius 3 is 2.07 bits per heavy atom. The summed E-state index contributed by atoms with van der Waals surface area (Å²) in [6.45, 7) is 11.9. The minimum Gasteiger partial charge on any atom is -0.512 e. The number of pyridine rings is 1. The normalized spacial score (nSPS) is 11.3. The second-order valence-electron chi connectivity index (χ2n) is 10.7. The van der Waals surface area contributed by atoms with Gasteiger partial charge in [0.2, 0.25) is 0 Å². The van der Waals surface area contributed by atoms with Gasteiger partial charge in [-0.1, -0.05) is 82.3 Å². The molecule has 0 saturated heterocycles. The Labute approximate surface area is 261 Å². The zero-order chi connectivity index (χ0) is 28.8. The number of carbonyl (C=O) groups excluding carboxylic acids is 1. The smallest absolute Gasteiger partial charge is 0.155 e. The number of aliphatic hydroxyl groups excluding tert-OH is 1. The van der Waals surface area contributed by atoms with Crippen molar-refractivity contribution in [3.8, 4) is 32.8 Å². The van der Waals surface area contributed by atoms with Crippen LogP contribution in [0.25, 0.3) is 42.9 Å². The average Bonchev–Trinajstić information content (AvgIpc) is 3.36. The van der Waals surface area contributed by atoms with Crippen molar-refractivity contribution in [2.45, 2.75) is 53.4 Å². The Balaban J connectivity index is 0.000000516. The first-order valence-corrected chi connectivity index (χ1v) is 14.4. The summed E-state index contributed by atoms with van der Waals surface area (Å²) in [5.74, 6) is 0.961. The molecule has 5 rings (SSSR count). The van der Waals surface area contributed by atoms with Crippen LogP contribution in [0.5, 0.6) is 0 Å². The summed E-state index contributed by atoms with van der Waals surface area (Å²) < 4.78 is 1.22. The van der Waals surface area contributed by atoms with E-state index < -0.39 is 0 Å². The molecule has 0 aliphatic rings. The Hall–Kier alpha value is -3.37. The van der Waals surface area contributed by atoms with Crippen LogP contribution < -0.4 is 0 Å². The number of hydrogen-bond acceptors (Lipinski definition) is 4. The Bertz CT molecular complexity index is 1620. The minimum absolute atomic E-state index is 0. The maximum atomic E-state index is 10.0. The number of nitrogens with zero attached hydrogens (tertiary/aromatic N) is 1. The molecule has 41 heavy (non-hydrogen) atoms. The molecule has 0 aliphatic carbocycles. The van der Waals surface area contributed by atoms with Crippen molar-refractivity contribution in [1.82, 2.24) is 4.98 Å². The van der Waals surface area contributed by atoms with E-state index in [4.69, 9.17) is 10.1 Å². The fourth-order valence-electron chi connectivity index (χ4n) is 4.44. The van der Waals surface area contributed by atoms with Crippen LogP contribution in [-0.4, -0.2) is 15.9 Å². The van der Waals surface area contributed by atoms with Crippen LogP contribution in [0.2, 0.25) is 0 Å².